The fraction of sp³-hybridized carbons (Fsp3) is 0.444. The molecule has 0 heterocycles. The molecule has 29 heavy (non-hydrogen) atoms. The Hall–Kier alpha value is -3.18. The van der Waals surface area contributed by atoms with Crippen molar-refractivity contribution in [2.24, 2.45) is 11.5 Å². The van der Waals surface area contributed by atoms with Gasteiger partial charge in [0, 0.05) is 12.8 Å². The normalized spacial score (nSPS) is 14.9. The number of aliphatic hydroxyl groups excluding tert-OH is 1. The Morgan fingerprint density at radius 1 is 1.03 bits per heavy atom. The Labute approximate surface area is 167 Å². The highest BCUT2D eigenvalue weighted by Gasteiger charge is 2.29. The van der Waals surface area contributed by atoms with E-state index < -0.39 is 47.9 Å². The number of benzene rings is 1. The van der Waals surface area contributed by atoms with Crippen LogP contribution in [0.3, 0.4) is 0 Å². The van der Waals surface area contributed by atoms with E-state index in [9.17, 15) is 34.5 Å². The molecule has 3 amide bonds. The average molecular weight is 410 g/mol. The topological polar surface area (TPSA) is 205 Å². The Balaban J connectivity index is 2.98. The van der Waals surface area contributed by atoms with E-state index in [1.807, 2.05) is 0 Å². The number of amides is 3. The Kier molecular flexibility index (Phi) is 9.03. The number of nitrogens with one attached hydrogen (secondary N) is 2. The van der Waals surface area contributed by atoms with Crippen LogP contribution in [-0.2, 0) is 25.6 Å². The maximum absolute atomic E-state index is 12.6. The van der Waals surface area contributed by atoms with Gasteiger partial charge < -0.3 is 37.4 Å². The second-order valence-electron chi connectivity index (χ2n) is 6.60. The smallest absolute Gasteiger partial charge is 0.326 e. The van der Waals surface area contributed by atoms with Gasteiger partial charge in [-0.05, 0) is 31.0 Å². The number of nitrogens with two attached hydrogens (primary N) is 2. The molecule has 0 aliphatic heterocycles. The van der Waals surface area contributed by atoms with Gasteiger partial charge in [-0.1, -0.05) is 12.1 Å². The lowest BCUT2D eigenvalue weighted by Crippen LogP contribution is -2.57. The van der Waals surface area contributed by atoms with Crippen LogP contribution in [0, 0.1) is 0 Å². The number of carboxylic acid groups (broad SMARTS) is 1. The van der Waals surface area contributed by atoms with Crippen LogP contribution in [0.2, 0.25) is 0 Å². The molecule has 9 N–H and O–H groups in total. The molecular formula is C18H26N4O7. The van der Waals surface area contributed by atoms with Crippen molar-refractivity contribution in [3.05, 3.63) is 29.8 Å². The van der Waals surface area contributed by atoms with E-state index >= 15 is 0 Å². The summed E-state index contributed by atoms with van der Waals surface area (Å²) >= 11 is 0. The number of phenolic OH excluding ortho intramolecular Hbond substituents is 1. The van der Waals surface area contributed by atoms with Crippen molar-refractivity contribution in [3.63, 3.8) is 0 Å². The van der Waals surface area contributed by atoms with Crippen LogP contribution >= 0.6 is 0 Å². The van der Waals surface area contributed by atoms with Crippen molar-refractivity contribution in [1.82, 2.24) is 10.6 Å². The molecule has 0 saturated heterocycles. The number of rotatable bonds is 11. The number of hydrogen-bond donors (Lipinski definition) is 7. The number of carbonyl (C=O) groups is 4. The van der Waals surface area contributed by atoms with Gasteiger partial charge in [-0.2, -0.15) is 0 Å². The molecule has 160 valence electrons. The average Bonchev–Trinajstić information content (AvgIpc) is 2.64. The third-order valence-electron chi connectivity index (χ3n) is 4.13. The molecule has 11 nitrogen and oxygen atoms in total. The van der Waals surface area contributed by atoms with Crippen molar-refractivity contribution < 1.29 is 34.5 Å². The van der Waals surface area contributed by atoms with E-state index in [4.69, 9.17) is 11.5 Å². The van der Waals surface area contributed by atoms with Crippen LogP contribution in [0.15, 0.2) is 24.3 Å². The Bertz CT molecular complexity index is 736. The van der Waals surface area contributed by atoms with Crippen LogP contribution in [0.25, 0.3) is 0 Å². The van der Waals surface area contributed by atoms with E-state index in [0.29, 0.717) is 5.56 Å². The second kappa shape index (κ2) is 11.0. The first-order valence-corrected chi connectivity index (χ1v) is 8.84. The molecule has 11 heteroatoms. The minimum Gasteiger partial charge on any atom is -0.508 e. The quantitative estimate of drug-likeness (QED) is 0.216. The molecule has 0 aromatic heterocycles. The lowest BCUT2D eigenvalue weighted by atomic mass is 10.0. The maximum atomic E-state index is 12.6. The van der Waals surface area contributed by atoms with Gasteiger partial charge in [-0.15, -0.1) is 0 Å². The Morgan fingerprint density at radius 3 is 2.07 bits per heavy atom. The summed E-state index contributed by atoms with van der Waals surface area (Å²) in [6.07, 6.45) is -1.68. The van der Waals surface area contributed by atoms with Crippen LogP contribution in [0.4, 0.5) is 0 Å². The lowest BCUT2D eigenvalue weighted by molar-refractivity contribution is -0.142. The highest BCUT2D eigenvalue weighted by molar-refractivity contribution is 5.92. The lowest BCUT2D eigenvalue weighted by Gasteiger charge is -2.23. The van der Waals surface area contributed by atoms with Gasteiger partial charge in [-0.3, -0.25) is 14.4 Å². The zero-order valence-electron chi connectivity index (χ0n) is 15.9. The van der Waals surface area contributed by atoms with Crippen molar-refractivity contribution in [2.75, 3.05) is 0 Å². The molecule has 0 aliphatic rings. The molecule has 0 aliphatic carbocycles. The molecule has 0 saturated carbocycles. The van der Waals surface area contributed by atoms with Gasteiger partial charge in [0.1, 0.15) is 23.9 Å². The monoisotopic (exact) mass is 410 g/mol. The first-order chi connectivity index (χ1) is 13.5. The van der Waals surface area contributed by atoms with Crippen LogP contribution < -0.4 is 22.1 Å². The molecular weight excluding hydrogens is 384 g/mol. The molecule has 0 bridgehead atoms. The van der Waals surface area contributed by atoms with Crippen molar-refractivity contribution in [2.45, 2.75) is 50.4 Å². The SMILES string of the molecule is C[C@@H](O)[C@H](N)C(=O)N[C@@H](Cc1ccc(O)cc1)C(=O)N[C@@H](CCC(N)=O)C(=O)O. The number of primary amides is 1. The maximum Gasteiger partial charge on any atom is 0.326 e. The summed E-state index contributed by atoms with van der Waals surface area (Å²) in [7, 11) is 0. The predicted octanol–water partition coefficient (Wildman–Crippen LogP) is -2.04. The molecule has 1 aromatic rings. The van der Waals surface area contributed by atoms with Crippen molar-refractivity contribution in [1.29, 1.82) is 0 Å². The molecule has 1 rings (SSSR count). The highest BCUT2D eigenvalue weighted by atomic mass is 16.4. The third-order valence-corrected chi connectivity index (χ3v) is 4.13. The zero-order valence-corrected chi connectivity index (χ0v) is 15.9. The fourth-order valence-electron chi connectivity index (χ4n) is 2.38. The summed E-state index contributed by atoms with van der Waals surface area (Å²) in [6.45, 7) is 1.31. The Morgan fingerprint density at radius 2 is 1.59 bits per heavy atom. The summed E-state index contributed by atoms with van der Waals surface area (Å²) in [6, 6.07) is 1.93. The van der Waals surface area contributed by atoms with Crippen LogP contribution in [-0.4, -0.2) is 63.2 Å². The number of carboxylic acids is 1. The van der Waals surface area contributed by atoms with Gasteiger partial charge in [0.2, 0.25) is 17.7 Å². The zero-order chi connectivity index (χ0) is 22.1. The minimum absolute atomic E-state index is 0.00677. The van der Waals surface area contributed by atoms with E-state index in [-0.39, 0.29) is 25.0 Å². The standard InChI is InChI=1S/C18H26N4O7/c1-9(23)15(20)17(27)22-13(8-10-2-4-11(24)5-3-10)16(26)21-12(18(28)29)6-7-14(19)25/h2-5,9,12-13,15,23-24H,6-8,20H2,1H3,(H2,19,25)(H,21,26)(H,22,27)(H,28,29)/t9-,12+,13+,15+/m1/s1. The van der Waals surface area contributed by atoms with Crippen LogP contribution in [0.1, 0.15) is 25.3 Å². The van der Waals surface area contributed by atoms with Gasteiger partial charge >= 0.3 is 5.97 Å². The number of phenols is 1. The second-order valence-corrected chi connectivity index (χ2v) is 6.60. The molecule has 1 aromatic carbocycles. The van der Waals surface area contributed by atoms with Gasteiger partial charge in [0.05, 0.1) is 6.10 Å². The van der Waals surface area contributed by atoms with E-state index in [1.165, 1.54) is 31.2 Å². The van der Waals surface area contributed by atoms with Crippen molar-refractivity contribution in [3.8, 4) is 5.75 Å². The summed E-state index contributed by atoms with van der Waals surface area (Å²) in [4.78, 5) is 47.1. The van der Waals surface area contributed by atoms with E-state index in [0.717, 1.165) is 0 Å². The first kappa shape index (κ1) is 23.9. The minimum atomic E-state index is -1.39. The predicted molar refractivity (Wildman–Crippen MR) is 101 cm³/mol. The molecule has 0 unspecified atom stereocenters. The van der Waals surface area contributed by atoms with E-state index in [1.54, 1.807) is 0 Å². The number of aliphatic hydroxyl groups is 1. The summed E-state index contributed by atoms with van der Waals surface area (Å²) < 4.78 is 0. The number of aromatic hydroxyl groups is 1. The van der Waals surface area contributed by atoms with Crippen LogP contribution in [0.5, 0.6) is 5.75 Å². The largest absolute Gasteiger partial charge is 0.508 e. The van der Waals surface area contributed by atoms with Gasteiger partial charge in [0.25, 0.3) is 0 Å². The van der Waals surface area contributed by atoms with Gasteiger partial charge in [-0.25, -0.2) is 4.79 Å². The van der Waals surface area contributed by atoms with Crippen molar-refractivity contribution >= 4 is 23.7 Å². The first-order valence-electron chi connectivity index (χ1n) is 8.84. The number of carbonyl (C=O) groups excluding carboxylic acids is 3. The molecule has 0 fully saturated rings. The summed E-state index contributed by atoms with van der Waals surface area (Å²) in [5.74, 6) is -3.70. The fourth-order valence-corrected chi connectivity index (χ4v) is 2.38. The highest BCUT2D eigenvalue weighted by Crippen LogP contribution is 2.12. The molecule has 0 radical (unpaired) electrons. The number of hydrogen-bond acceptors (Lipinski definition) is 7. The number of aliphatic carboxylic acids is 1. The molecule has 4 atom stereocenters. The summed E-state index contributed by atoms with van der Waals surface area (Å²) in [5, 5.41) is 32.7. The molecule has 0 spiro atoms. The van der Waals surface area contributed by atoms with E-state index in [2.05, 4.69) is 10.6 Å². The summed E-state index contributed by atoms with van der Waals surface area (Å²) in [5.41, 5.74) is 11.2. The third kappa shape index (κ3) is 8.15. The van der Waals surface area contributed by atoms with Gasteiger partial charge in [0.15, 0.2) is 0 Å².